The summed E-state index contributed by atoms with van der Waals surface area (Å²) in [5, 5.41) is 3.55. The molecule has 0 bridgehead atoms. The Hall–Kier alpha value is -0.760. The highest BCUT2D eigenvalue weighted by Crippen LogP contribution is 2.37. The fourth-order valence-electron chi connectivity index (χ4n) is 3.53. The molecule has 2 heteroatoms. The Morgan fingerprint density at radius 3 is 2.06 bits per heavy atom. The predicted molar refractivity (Wildman–Crippen MR) is 75.9 cm³/mol. The Bertz CT molecular complexity index is 386. The summed E-state index contributed by atoms with van der Waals surface area (Å²) in [5.41, 5.74) is 2.76. The predicted octanol–water partition coefficient (Wildman–Crippen LogP) is 4.44. The number of nitrogens with one attached hydrogen (secondary N) is 1. The largest absolute Gasteiger partial charge is 0.466 e. The molecule has 0 saturated heterocycles. The summed E-state index contributed by atoms with van der Waals surface area (Å²) in [7, 11) is 2.09. The molecule has 2 rings (SSSR count). The maximum Gasteiger partial charge on any atom is 0.106 e. The lowest BCUT2D eigenvalue weighted by atomic mass is 9.85. The molecule has 1 aliphatic rings. The molecule has 2 nitrogen and oxygen atoms in total. The van der Waals surface area contributed by atoms with Crippen LogP contribution in [0.4, 0.5) is 0 Å². The average Bonchev–Trinajstić information content (AvgIpc) is 2.58. The number of furan rings is 1. The Balaban J connectivity index is 2.26. The molecule has 1 aliphatic carbocycles. The molecule has 1 N–H and O–H groups in total. The Labute approximate surface area is 111 Å². The van der Waals surface area contributed by atoms with Gasteiger partial charge in [0.1, 0.15) is 11.5 Å². The van der Waals surface area contributed by atoms with Crippen molar-refractivity contribution in [2.45, 2.75) is 65.3 Å². The minimum Gasteiger partial charge on any atom is -0.466 e. The number of aryl methyl sites for hydroxylation is 2. The minimum atomic E-state index is 0.473. The smallest absolute Gasteiger partial charge is 0.106 e. The third-order valence-electron chi connectivity index (χ3n) is 4.61. The van der Waals surface area contributed by atoms with Crippen molar-refractivity contribution < 1.29 is 4.42 Å². The van der Waals surface area contributed by atoms with E-state index in [0.29, 0.717) is 6.04 Å². The molecule has 1 fully saturated rings. The lowest BCUT2D eigenvalue weighted by molar-refractivity contribution is 0.336. The summed E-state index contributed by atoms with van der Waals surface area (Å²) < 4.78 is 5.81. The molecule has 1 saturated carbocycles. The van der Waals surface area contributed by atoms with Crippen molar-refractivity contribution in [1.29, 1.82) is 0 Å². The van der Waals surface area contributed by atoms with E-state index in [9.17, 15) is 0 Å². The van der Waals surface area contributed by atoms with Crippen LogP contribution in [0, 0.1) is 26.7 Å². The first-order valence-corrected chi connectivity index (χ1v) is 7.39. The SMILES string of the molecule is CNC(c1c(C)oc(C)c1C)C1CCCCCC1. The van der Waals surface area contributed by atoms with Crippen molar-refractivity contribution in [3.05, 3.63) is 22.6 Å². The van der Waals surface area contributed by atoms with Crippen LogP contribution in [-0.2, 0) is 0 Å². The van der Waals surface area contributed by atoms with Gasteiger partial charge >= 0.3 is 0 Å². The fourth-order valence-corrected chi connectivity index (χ4v) is 3.53. The first kappa shape index (κ1) is 13.7. The fraction of sp³-hybridized carbons (Fsp3) is 0.750. The van der Waals surface area contributed by atoms with E-state index in [-0.39, 0.29) is 0 Å². The van der Waals surface area contributed by atoms with E-state index in [4.69, 9.17) is 4.42 Å². The van der Waals surface area contributed by atoms with Crippen molar-refractivity contribution in [3.8, 4) is 0 Å². The first-order valence-electron chi connectivity index (χ1n) is 7.39. The van der Waals surface area contributed by atoms with Crippen molar-refractivity contribution in [2.75, 3.05) is 7.05 Å². The maximum absolute atomic E-state index is 5.81. The van der Waals surface area contributed by atoms with Gasteiger partial charge in [-0.05, 0) is 52.1 Å². The molecule has 1 aromatic rings. The monoisotopic (exact) mass is 249 g/mol. The molecular formula is C16H27NO. The van der Waals surface area contributed by atoms with Crippen LogP contribution >= 0.6 is 0 Å². The van der Waals surface area contributed by atoms with Crippen LogP contribution in [0.5, 0.6) is 0 Å². The summed E-state index contributed by atoms with van der Waals surface area (Å²) in [5.74, 6) is 2.96. The average molecular weight is 249 g/mol. The van der Waals surface area contributed by atoms with Crippen LogP contribution in [-0.4, -0.2) is 7.05 Å². The summed E-state index contributed by atoms with van der Waals surface area (Å²) >= 11 is 0. The Kier molecular flexibility index (Phi) is 4.50. The van der Waals surface area contributed by atoms with Crippen molar-refractivity contribution in [1.82, 2.24) is 5.32 Å². The maximum atomic E-state index is 5.81. The molecule has 0 amide bonds. The Morgan fingerprint density at radius 2 is 1.61 bits per heavy atom. The van der Waals surface area contributed by atoms with Gasteiger partial charge in [-0.2, -0.15) is 0 Å². The standard InChI is InChI=1S/C16H27NO/c1-11-12(2)18-13(3)15(11)16(17-4)14-9-7-5-6-8-10-14/h14,16-17H,5-10H2,1-4H3. The van der Waals surface area contributed by atoms with Crippen LogP contribution in [0.2, 0.25) is 0 Å². The molecule has 102 valence electrons. The highest BCUT2D eigenvalue weighted by molar-refractivity contribution is 5.34. The van der Waals surface area contributed by atoms with E-state index < -0.39 is 0 Å². The second kappa shape index (κ2) is 5.92. The molecular weight excluding hydrogens is 222 g/mol. The van der Waals surface area contributed by atoms with Crippen molar-refractivity contribution >= 4 is 0 Å². The van der Waals surface area contributed by atoms with Crippen molar-refractivity contribution in [3.63, 3.8) is 0 Å². The van der Waals surface area contributed by atoms with Crippen LogP contribution in [0.3, 0.4) is 0 Å². The second-order valence-electron chi connectivity index (χ2n) is 5.77. The quantitative estimate of drug-likeness (QED) is 0.801. The van der Waals surface area contributed by atoms with E-state index in [2.05, 4.69) is 33.1 Å². The first-order chi connectivity index (χ1) is 8.65. The van der Waals surface area contributed by atoms with Crippen LogP contribution in [0.1, 0.15) is 67.2 Å². The van der Waals surface area contributed by atoms with E-state index >= 15 is 0 Å². The molecule has 0 spiro atoms. The molecule has 1 aromatic heterocycles. The van der Waals surface area contributed by atoms with Gasteiger partial charge in [0.15, 0.2) is 0 Å². The van der Waals surface area contributed by atoms with Crippen LogP contribution in [0.15, 0.2) is 4.42 Å². The zero-order valence-electron chi connectivity index (χ0n) is 12.3. The summed E-state index contributed by atoms with van der Waals surface area (Å²) in [6.07, 6.45) is 8.31. The van der Waals surface area contributed by atoms with Gasteiger partial charge in [-0.3, -0.25) is 0 Å². The molecule has 0 aromatic carbocycles. The van der Waals surface area contributed by atoms with E-state index in [1.807, 2.05) is 0 Å². The van der Waals surface area contributed by atoms with Crippen LogP contribution < -0.4 is 5.32 Å². The molecule has 1 atom stereocenters. The van der Waals surface area contributed by atoms with Gasteiger partial charge in [-0.25, -0.2) is 0 Å². The number of hydrogen-bond acceptors (Lipinski definition) is 2. The lowest BCUT2D eigenvalue weighted by Crippen LogP contribution is -2.26. The van der Waals surface area contributed by atoms with Gasteiger partial charge in [-0.1, -0.05) is 25.7 Å². The zero-order chi connectivity index (χ0) is 13.1. The molecule has 1 unspecified atom stereocenters. The van der Waals surface area contributed by atoms with Gasteiger partial charge in [0, 0.05) is 11.6 Å². The number of rotatable bonds is 3. The van der Waals surface area contributed by atoms with Gasteiger partial charge in [0.05, 0.1) is 0 Å². The van der Waals surface area contributed by atoms with E-state index in [0.717, 1.165) is 17.4 Å². The van der Waals surface area contributed by atoms with Gasteiger partial charge in [0.25, 0.3) is 0 Å². The highest BCUT2D eigenvalue weighted by atomic mass is 16.3. The van der Waals surface area contributed by atoms with Gasteiger partial charge < -0.3 is 9.73 Å². The molecule has 0 aliphatic heterocycles. The number of hydrogen-bond donors (Lipinski definition) is 1. The van der Waals surface area contributed by atoms with Gasteiger partial charge in [-0.15, -0.1) is 0 Å². The van der Waals surface area contributed by atoms with Gasteiger partial charge in [0.2, 0.25) is 0 Å². The summed E-state index contributed by atoms with van der Waals surface area (Å²) in [6, 6.07) is 0.473. The van der Waals surface area contributed by atoms with E-state index in [1.54, 1.807) is 0 Å². The third kappa shape index (κ3) is 2.64. The summed E-state index contributed by atoms with van der Waals surface area (Å²) in [6.45, 7) is 6.38. The highest BCUT2D eigenvalue weighted by Gasteiger charge is 2.27. The topological polar surface area (TPSA) is 25.2 Å². The molecule has 1 heterocycles. The van der Waals surface area contributed by atoms with Crippen molar-refractivity contribution in [2.24, 2.45) is 5.92 Å². The minimum absolute atomic E-state index is 0.473. The molecule has 0 radical (unpaired) electrons. The lowest BCUT2D eigenvalue weighted by Gasteiger charge is -2.26. The normalized spacial score (nSPS) is 19.8. The second-order valence-corrected chi connectivity index (χ2v) is 5.77. The van der Waals surface area contributed by atoms with E-state index in [1.165, 1.54) is 49.7 Å². The summed E-state index contributed by atoms with van der Waals surface area (Å²) in [4.78, 5) is 0. The Morgan fingerprint density at radius 1 is 1.00 bits per heavy atom. The third-order valence-corrected chi connectivity index (χ3v) is 4.61. The molecule has 18 heavy (non-hydrogen) atoms. The zero-order valence-corrected chi connectivity index (χ0v) is 12.3. The van der Waals surface area contributed by atoms with Crippen LogP contribution in [0.25, 0.3) is 0 Å².